The maximum atomic E-state index is 14.4. The molecule has 2 N–H and O–H groups in total. The molecular formula is C30H40FN5O3. The predicted octanol–water partition coefficient (Wildman–Crippen LogP) is 4.11. The van der Waals surface area contributed by atoms with Crippen molar-refractivity contribution in [1.29, 1.82) is 0 Å². The van der Waals surface area contributed by atoms with E-state index in [1.165, 1.54) is 11.1 Å². The molecule has 1 aromatic carbocycles. The topological polar surface area (TPSA) is 86.0 Å². The van der Waals surface area contributed by atoms with E-state index >= 15 is 0 Å². The number of hydrogen-bond donors (Lipinski definition) is 1. The van der Waals surface area contributed by atoms with Crippen LogP contribution in [0.3, 0.4) is 0 Å². The molecule has 0 amide bonds. The summed E-state index contributed by atoms with van der Waals surface area (Å²) in [6.45, 7) is 7.66. The van der Waals surface area contributed by atoms with Gasteiger partial charge in [-0.25, -0.2) is 4.39 Å². The molecule has 9 heteroatoms. The second-order valence-corrected chi connectivity index (χ2v) is 12.3. The molecule has 4 atom stereocenters. The second-order valence-electron chi connectivity index (χ2n) is 12.3. The minimum absolute atomic E-state index is 0.240. The first-order chi connectivity index (χ1) is 18.9. The molecule has 7 rings (SSSR count). The van der Waals surface area contributed by atoms with E-state index in [1.807, 2.05) is 6.07 Å². The van der Waals surface area contributed by atoms with Crippen LogP contribution in [0.1, 0.15) is 73.8 Å². The van der Waals surface area contributed by atoms with E-state index < -0.39 is 11.8 Å². The fraction of sp³-hybridized carbons (Fsp3) is 0.667. The van der Waals surface area contributed by atoms with Crippen molar-refractivity contribution in [1.82, 2.24) is 14.9 Å². The third kappa shape index (κ3) is 4.46. The first kappa shape index (κ1) is 25.5. The summed E-state index contributed by atoms with van der Waals surface area (Å²) >= 11 is 0. The number of nitrogens with two attached hydrogens (primary N) is 1. The van der Waals surface area contributed by atoms with Crippen molar-refractivity contribution in [2.75, 3.05) is 56.6 Å². The average molecular weight is 538 g/mol. The quantitative estimate of drug-likeness (QED) is 0.584. The fourth-order valence-corrected chi connectivity index (χ4v) is 7.72. The molecule has 4 aliphatic heterocycles. The summed E-state index contributed by atoms with van der Waals surface area (Å²) in [4.78, 5) is 14.6. The van der Waals surface area contributed by atoms with Gasteiger partial charge in [0, 0.05) is 50.3 Å². The molecule has 1 aromatic heterocycles. The van der Waals surface area contributed by atoms with Crippen molar-refractivity contribution >= 4 is 11.5 Å². The molecule has 3 fully saturated rings. The van der Waals surface area contributed by atoms with Crippen LogP contribution in [0.2, 0.25) is 0 Å². The molecule has 39 heavy (non-hydrogen) atoms. The van der Waals surface area contributed by atoms with Gasteiger partial charge >= 0.3 is 6.01 Å². The van der Waals surface area contributed by atoms with Crippen LogP contribution >= 0.6 is 0 Å². The van der Waals surface area contributed by atoms with E-state index in [0.29, 0.717) is 51.1 Å². The standard InChI is InChI=1S/C30H40FN5O3/c1-20-6-8-30(25-14-22(32)4-5-23(20)25)16-26-24(18-39-30)27(35-9-3-12-37-13-11-35)34-28(33-26)38-19-29-7-2-10-36(29)17-21(31)15-29/h4-5,14,20-21H,2-3,6-13,15-19,32H2,1H3/t20-,21+,29-,30?/m0/s1. The van der Waals surface area contributed by atoms with Crippen LogP contribution in [0.4, 0.5) is 15.9 Å². The highest BCUT2D eigenvalue weighted by Crippen LogP contribution is 2.49. The van der Waals surface area contributed by atoms with Crippen LogP contribution in [-0.4, -0.2) is 72.6 Å². The van der Waals surface area contributed by atoms with Gasteiger partial charge in [0.2, 0.25) is 0 Å². The molecule has 5 heterocycles. The highest BCUT2D eigenvalue weighted by molar-refractivity contribution is 5.54. The summed E-state index contributed by atoms with van der Waals surface area (Å²) in [5, 5.41) is 0. The number of hydrogen-bond acceptors (Lipinski definition) is 8. The lowest BCUT2D eigenvalue weighted by molar-refractivity contribution is -0.0871. The van der Waals surface area contributed by atoms with Crippen LogP contribution < -0.4 is 15.4 Å². The maximum Gasteiger partial charge on any atom is 0.318 e. The largest absolute Gasteiger partial charge is 0.461 e. The van der Waals surface area contributed by atoms with Crippen LogP contribution in [0.25, 0.3) is 0 Å². The Morgan fingerprint density at radius 1 is 1.15 bits per heavy atom. The number of alkyl halides is 1. The monoisotopic (exact) mass is 537 g/mol. The van der Waals surface area contributed by atoms with Crippen molar-refractivity contribution < 1.29 is 18.6 Å². The van der Waals surface area contributed by atoms with Crippen molar-refractivity contribution in [3.05, 3.63) is 40.6 Å². The summed E-state index contributed by atoms with van der Waals surface area (Å²) in [5.74, 6) is 1.36. The SMILES string of the molecule is C[C@H]1CCC2(Cc3nc(OC[C@@]45CCCN4C[C@H](F)C5)nc(N4CCCOCC4)c3CO2)c2cc(N)ccc21. The zero-order chi connectivity index (χ0) is 26.6. The summed E-state index contributed by atoms with van der Waals surface area (Å²) < 4.78 is 33.3. The summed E-state index contributed by atoms with van der Waals surface area (Å²) in [7, 11) is 0. The predicted molar refractivity (Wildman–Crippen MR) is 147 cm³/mol. The third-order valence-corrected chi connectivity index (χ3v) is 9.83. The molecule has 0 bridgehead atoms. The number of fused-ring (bicyclic) bond motifs is 4. The van der Waals surface area contributed by atoms with Gasteiger partial charge < -0.3 is 24.8 Å². The summed E-state index contributed by atoms with van der Waals surface area (Å²) in [5.41, 5.74) is 10.9. The normalized spacial score (nSPS) is 32.5. The molecule has 2 aromatic rings. The van der Waals surface area contributed by atoms with Gasteiger partial charge in [-0.05, 0) is 67.8 Å². The van der Waals surface area contributed by atoms with Crippen molar-refractivity contribution in [2.24, 2.45) is 0 Å². The number of nitrogen functional groups attached to an aromatic ring is 1. The zero-order valence-corrected chi connectivity index (χ0v) is 23.0. The molecule has 0 radical (unpaired) electrons. The van der Waals surface area contributed by atoms with Gasteiger partial charge in [-0.15, -0.1) is 0 Å². The van der Waals surface area contributed by atoms with E-state index in [1.54, 1.807) is 0 Å². The lowest BCUT2D eigenvalue weighted by Gasteiger charge is -2.44. The third-order valence-electron chi connectivity index (χ3n) is 9.83. The van der Waals surface area contributed by atoms with E-state index in [9.17, 15) is 4.39 Å². The molecule has 1 spiro atoms. The van der Waals surface area contributed by atoms with Gasteiger partial charge in [0.15, 0.2) is 0 Å². The van der Waals surface area contributed by atoms with Crippen LogP contribution in [0, 0.1) is 0 Å². The number of ether oxygens (including phenoxy) is 3. The van der Waals surface area contributed by atoms with Crippen molar-refractivity contribution in [3.8, 4) is 6.01 Å². The van der Waals surface area contributed by atoms with Crippen LogP contribution in [0.15, 0.2) is 18.2 Å². The molecule has 5 aliphatic rings. The molecular weight excluding hydrogens is 497 g/mol. The molecule has 1 aliphatic carbocycles. The van der Waals surface area contributed by atoms with Gasteiger partial charge in [0.1, 0.15) is 18.6 Å². The van der Waals surface area contributed by atoms with Gasteiger partial charge in [-0.2, -0.15) is 9.97 Å². The van der Waals surface area contributed by atoms with Gasteiger partial charge in [-0.3, -0.25) is 4.90 Å². The highest BCUT2D eigenvalue weighted by atomic mass is 19.1. The maximum absolute atomic E-state index is 14.4. The Morgan fingerprint density at radius 3 is 3.00 bits per heavy atom. The number of benzene rings is 1. The minimum Gasteiger partial charge on any atom is -0.461 e. The first-order valence-electron chi connectivity index (χ1n) is 14.7. The molecule has 1 unspecified atom stereocenters. The Kier molecular flexibility index (Phi) is 6.44. The molecule has 0 saturated carbocycles. The Morgan fingerprint density at radius 2 is 2.08 bits per heavy atom. The van der Waals surface area contributed by atoms with E-state index in [2.05, 4.69) is 28.9 Å². The van der Waals surface area contributed by atoms with E-state index in [4.69, 9.17) is 29.9 Å². The number of rotatable bonds is 4. The lowest BCUT2D eigenvalue weighted by atomic mass is 9.71. The van der Waals surface area contributed by atoms with E-state index in [-0.39, 0.29) is 5.54 Å². The minimum atomic E-state index is -0.788. The average Bonchev–Trinajstić information content (AvgIpc) is 3.31. The number of halogens is 1. The fourth-order valence-electron chi connectivity index (χ4n) is 7.72. The first-order valence-corrected chi connectivity index (χ1v) is 14.7. The Bertz CT molecular complexity index is 1240. The Labute approximate surface area is 230 Å². The number of anilines is 2. The molecule has 3 saturated heterocycles. The van der Waals surface area contributed by atoms with E-state index in [0.717, 1.165) is 81.1 Å². The number of aromatic nitrogens is 2. The molecule has 8 nitrogen and oxygen atoms in total. The summed E-state index contributed by atoms with van der Waals surface area (Å²) in [6, 6.07) is 6.66. The molecule has 210 valence electrons. The van der Waals surface area contributed by atoms with Gasteiger partial charge in [0.05, 0.1) is 30.0 Å². The highest BCUT2D eigenvalue weighted by Gasteiger charge is 2.50. The Balaban J connectivity index is 1.25. The smallest absolute Gasteiger partial charge is 0.318 e. The van der Waals surface area contributed by atoms with Crippen LogP contribution in [-0.2, 0) is 28.1 Å². The summed E-state index contributed by atoms with van der Waals surface area (Å²) in [6.07, 6.45) is 5.37. The zero-order valence-electron chi connectivity index (χ0n) is 23.0. The lowest BCUT2D eigenvalue weighted by Crippen LogP contribution is -2.44. The van der Waals surface area contributed by atoms with Gasteiger partial charge in [-0.1, -0.05) is 13.0 Å². The van der Waals surface area contributed by atoms with Crippen LogP contribution in [0.5, 0.6) is 6.01 Å². The second kappa shape index (κ2) is 9.85. The van der Waals surface area contributed by atoms with Crippen molar-refractivity contribution in [2.45, 2.75) is 81.7 Å². The Hall–Kier alpha value is -2.49. The number of nitrogens with zero attached hydrogens (tertiary/aromatic N) is 4. The van der Waals surface area contributed by atoms with Gasteiger partial charge in [0.25, 0.3) is 0 Å². The van der Waals surface area contributed by atoms with Crippen molar-refractivity contribution in [3.63, 3.8) is 0 Å².